The Morgan fingerprint density at radius 3 is 2.50 bits per heavy atom. The largest absolute Gasteiger partial charge is 0.481 e. The minimum atomic E-state index is -0.928. The van der Waals surface area contributed by atoms with Gasteiger partial charge in [0.2, 0.25) is 5.91 Å². The van der Waals surface area contributed by atoms with Gasteiger partial charge in [0, 0.05) is 22.8 Å². The van der Waals surface area contributed by atoms with Gasteiger partial charge in [-0.2, -0.15) is 0 Å². The van der Waals surface area contributed by atoms with Gasteiger partial charge in [-0.05, 0) is 75.2 Å². The van der Waals surface area contributed by atoms with Crippen LogP contribution in [0, 0.1) is 12.3 Å². The summed E-state index contributed by atoms with van der Waals surface area (Å²) >= 11 is 1.76. The number of carboxylic acid groups (broad SMARTS) is 1. The van der Waals surface area contributed by atoms with E-state index < -0.39 is 11.4 Å². The number of carbonyl (C=O) groups is 2. The predicted molar refractivity (Wildman–Crippen MR) is 140 cm³/mol. The lowest BCUT2D eigenvalue weighted by molar-refractivity contribution is -0.147. The number of aromatic nitrogens is 1. The van der Waals surface area contributed by atoms with Crippen molar-refractivity contribution < 1.29 is 14.7 Å². The van der Waals surface area contributed by atoms with Crippen LogP contribution in [-0.2, 0) is 15.3 Å². The molecule has 2 aromatic carbocycles. The monoisotopic (exact) mass is 474 g/mol. The zero-order valence-electron chi connectivity index (χ0n) is 19.7. The minimum absolute atomic E-state index is 0.149. The molecule has 0 fully saturated rings. The van der Waals surface area contributed by atoms with Crippen molar-refractivity contribution in [2.75, 3.05) is 5.32 Å². The van der Waals surface area contributed by atoms with Crippen LogP contribution in [0.1, 0.15) is 49.2 Å². The summed E-state index contributed by atoms with van der Waals surface area (Å²) in [5, 5.41) is 12.0. The first kappa shape index (κ1) is 25.2. The molecule has 3 aromatic rings. The molecule has 0 aliphatic rings. The van der Waals surface area contributed by atoms with Crippen LogP contribution < -0.4 is 5.32 Å². The number of nitrogens with zero attached hydrogens (tertiary/aromatic N) is 1. The maximum atomic E-state index is 12.3. The van der Waals surface area contributed by atoms with Crippen LogP contribution >= 0.6 is 11.8 Å². The third kappa shape index (κ3) is 7.89. The van der Waals surface area contributed by atoms with Gasteiger partial charge in [0.05, 0.1) is 16.8 Å². The van der Waals surface area contributed by atoms with Gasteiger partial charge in [0.25, 0.3) is 0 Å². The SMILES string of the molecule is Cc1ccc(SCc2cccc(/C=C/c3cccc(NC(=O)CCC(C)(C)C(=O)O)c3)n2)cc1. The zero-order chi connectivity index (χ0) is 24.6. The van der Waals surface area contributed by atoms with Gasteiger partial charge < -0.3 is 10.4 Å². The molecule has 1 heterocycles. The van der Waals surface area contributed by atoms with E-state index in [1.807, 2.05) is 54.6 Å². The second kappa shape index (κ2) is 11.7. The predicted octanol–water partition coefficient (Wildman–Crippen LogP) is 6.68. The van der Waals surface area contributed by atoms with E-state index in [2.05, 4.69) is 36.5 Å². The van der Waals surface area contributed by atoms with Crippen LogP contribution in [-0.4, -0.2) is 22.0 Å². The quantitative estimate of drug-likeness (QED) is 0.320. The van der Waals surface area contributed by atoms with Crippen molar-refractivity contribution in [1.82, 2.24) is 4.98 Å². The van der Waals surface area contributed by atoms with Gasteiger partial charge in [0.15, 0.2) is 0 Å². The van der Waals surface area contributed by atoms with E-state index in [0.29, 0.717) is 5.69 Å². The molecule has 6 heteroatoms. The average Bonchev–Trinajstić information content (AvgIpc) is 2.82. The lowest BCUT2D eigenvalue weighted by Gasteiger charge is -2.18. The number of hydrogen-bond donors (Lipinski definition) is 2. The van der Waals surface area contributed by atoms with Gasteiger partial charge >= 0.3 is 5.97 Å². The highest BCUT2D eigenvalue weighted by Gasteiger charge is 2.27. The molecule has 0 saturated heterocycles. The third-order valence-corrected chi connectivity index (χ3v) is 6.45. The maximum Gasteiger partial charge on any atom is 0.309 e. The van der Waals surface area contributed by atoms with E-state index in [0.717, 1.165) is 22.7 Å². The van der Waals surface area contributed by atoms with E-state index in [4.69, 9.17) is 4.98 Å². The first-order valence-corrected chi connectivity index (χ1v) is 12.2. The molecule has 0 aliphatic carbocycles. The van der Waals surface area contributed by atoms with Crippen LogP contribution in [0.2, 0.25) is 0 Å². The molecule has 0 aliphatic heterocycles. The molecule has 2 N–H and O–H groups in total. The Hall–Kier alpha value is -3.38. The summed E-state index contributed by atoms with van der Waals surface area (Å²) in [6, 6.07) is 22.0. The van der Waals surface area contributed by atoms with Gasteiger partial charge in [0.1, 0.15) is 0 Å². The van der Waals surface area contributed by atoms with Gasteiger partial charge in [-0.15, -0.1) is 11.8 Å². The maximum absolute atomic E-state index is 12.3. The molecule has 0 saturated carbocycles. The van der Waals surface area contributed by atoms with Crippen molar-refractivity contribution in [3.05, 3.63) is 89.2 Å². The number of carboxylic acids is 1. The Balaban J connectivity index is 1.58. The van der Waals surface area contributed by atoms with E-state index in [-0.39, 0.29) is 18.7 Å². The number of aliphatic carboxylic acids is 1. The van der Waals surface area contributed by atoms with Crippen LogP contribution in [0.25, 0.3) is 12.2 Å². The highest BCUT2D eigenvalue weighted by atomic mass is 32.2. The summed E-state index contributed by atoms with van der Waals surface area (Å²) < 4.78 is 0. The Morgan fingerprint density at radius 1 is 1.03 bits per heavy atom. The summed E-state index contributed by atoms with van der Waals surface area (Å²) in [7, 11) is 0. The van der Waals surface area contributed by atoms with Crippen LogP contribution in [0.5, 0.6) is 0 Å². The minimum Gasteiger partial charge on any atom is -0.481 e. The molecule has 0 atom stereocenters. The van der Waals surface area contributed by atoms with Crippen molar-refractivity contribution in [2.45, 2.75) is 44.3 Å². The zero-order valence-corrected chi connectivity index (χ0v) is 20.6. The molecule has 34 heavy (non-hydrogen) atoms. The van der Waals surface area contributed by atoms with Crippen LogP contribution in [0.4, 0.5) is 5.69 Å². The topological polar surface area (TPSA) is 79.3 Å². The highest BCUT2D eigenvalue weighted by molar-refractivity contribution is 7.98. The fourth-order valence-electron chi connectivity index (χ4n) is 3.12. The Labute approximate surface area is 205 Å². The summed E-state index contributed by atoms with van der Waals surface area (Å²) in [6.07, 6.45) is 4.34. The number of anilines is 1. The van der Waals surface area contributed by atoms with Crippen molar-refractivity contribution in [3.63, 3.8) is 0 Å². The standard InChI is InChI=1S/C28H30N2O3S/c1-20-10-14-25(15-11-20)34-19-24-9-5-7-22(29-24)13-12-21-6-4-8-23(18-21)30-26(31)16-17-28(2,3)27(32)33/h4-15,18H,16-17,19H2,1-3H3,(H,30,31)(H,32,33)/b13-12+. The Kier molecular flexibility index (Phi) is 8.66. The number of amides is 1. The lowest BCUT2D eigenvalue weighted by Crippen LogP contribution is -2.25. The van der Waals surface area contributed by atoms with Crippen LogP contribution in [0.15, 0.2) is 71.6 Å². The van der Waals surface area contributed by atoms with Gasteiger partial charge in [-0.25, -0.2) is 0 Å². The van der Waals surface area contributed by atoms with E-state index in [1.54, 1.807) is 25.6 Å². The first-order chi connectivity index (χ1) is 16.2. The van der Waals surface area contributed by atoms with E-state index in [9.17, 15) is 14.7 Å². The Morgan fingerprint density at radius 2 is 1.76 bits per heavy atom. The molecular formula is C28H30N2O3S. The number of rotatable bonds is 10. The summed E-state index contributed by atoms with van der Waals surface area (Å²) in [5.41, 5.74) is 3.81. The van der Waals surface area contributed by atoms with Gasteiger partial charge in [-0.3, -0.25) is 14.6 Å². The molecule has 0 bridgehead atoms. The summed E-state index contributed by atoms with van der Waals surface area (Å²) in [5.74, 6) is -0.306. The van der Waals surface area contributed by atoms with E-state index >= 15 is 0 Å². The van der Waals surface area contributed by atoms with Crippen molar-refractivity contribution in [1.29, 1.82) is 0 Å². The smallest absolute Gasteiger partial charge is 0.309 e. The Bertz CT molecular complexity index is 1170. The molecule has 1 amide bonds. The number of benzene rings is 2. The number of carbonyl (C=O) groups excluding carboxylic acids is 1. The number of thioether (sulfide) groups is 1. The summed E-state index contributed by atoms with van der Waals surface area (Å²) in [4.78, 5) is 29.4. The van der Waals surface area contributed by atoms with Crippen molar-refractivity contribution >= 4 is 41.5 Å². The fourth-order valence-corrected chi connectivity index (χ4v) is 3.93. The lowest BCUT2D eigenvalue weighted by atomic mass is 9.88. The van der Waals surface area contributed by atoms with Crippen molar-refractivity contribution in [2.24, 2.45) is 5.41 Å². The highest BCUT2D eigenvalue weighted by Crippen LogP contribution is 2.24. The second-order valence-electron chi connectivity index (χ2n) is 8.85. The molecule has 1 aromatic heterocycles. The van der Waals surface area contributed by atoms with E-state index in [1.165, 1.54) is 10.5 Å². The molecule has 3 rings (SSSR count). The average molecular weight is 475 g/mol. The van der Waals surface area contributed by atoms with Crippen LogP contribution in [0.3, 0.4) is 0 Å². The van der Waals surface area contributed by atoms with Gasteiger partial charge in [-0.1, -0.05) is 42.0 Å². The molecule has 0 radical (unpaired) electrons. The molecule has 0 spiro atoms. The summed E-state index contributed by atoms with van der Waals surface area (Å²) in [6.45, 7) is 5.33. The van der Waals surface area contributed by atoms with Crippen molar-refractivity contribution in [3.8, 4) is 0 Å². The number of hydrogen-bond acceptors (Lipinski definition) is 4. The number of pyridine rings is 1. The number of aryl methyl sites for hydroxylation is 1. The molecule has 5 nitrogen and oxygen atoms in total. The molecule has 176 valence electrons. The normalized spacial score (nSPS) is 11.5. The first-order valence-electron chi connectivity index (χ1n) is 11.2. The second-order valence-corrected chi connectivity index (χ2v) is 9.90. The number of nitrogens with one attached hydrogen (secondary N) is 1. The fraction of sp³-hybridized carbons (Fsp3) is 0.250. The molecule has 0 unspecified atom stereocenters. The molecular weight excluding hydrogens is 444 g/mol. The third-order valence-electron chi connectivity index (χ3n) is 5.41.